The van der Waals surface area contributed by atoms with E-state index in [4.69, 9.17) is 18.0 Å². The molecule has 0 heterocycles. The standard InChI is InChI=1S/C12H18N2S/c1-3-14(2)11(9-12(13)15)10-7-5-4-6-8-10/h4-8,11H,3,9H2,1-2H3,(H2,13,15). The molecule has 0 saturated heterocycles. The van der Waals surface area contributed by atoms with Gasteiger partial charge in [-0.2, -0.15) is 0 Å². The van der Waals surface area contributed by atoms with Gasteiger partial charge < -0.3 is 5.73 Å². The highest BCUT2D eigenvalue weighted by Gasteiger charge is 2.16. The average Bonchev–Trinajstić information content (AvgIpc) is 2.26. The Kier molecular flexibility index (Phi) is 4.72. The van der Waals surface area contributed by atoms with E-state index in [9.17, 15) is 0 Å². The van der Waals surface area contributed by atoms with Crippen LogP contribution in [0.1, 0.15) is 24.9 Å². The summed E-state index contributed by atoms with van der Waals surface area (Å²) < 4.78 is 0. The molecular formula is C12H18N2S. The van der Waals surface area contributed by atoms with Crippen molar-refractivity contribution in [2.24, 2.45) is 5.73 Å². The van der Waals surface area contributed by atoms with Gasteiger partial charge in [0.15, 0.2) is 0 Å². The van der Waals surface area contributed by atoms with E-state index in [1.165, 1.54) is 5.56 Å². The molecule has 2 nitrogen and oxygen atoms in total. The van der Waals surface area contributed by atoms with Gasteiger partial charge in [0.25, 0.3) is 0 Å². The van der Waals surface area contributed by atoms with Gasteiger partial charge in [-0.3, -0.25) is 4.90 Å². The summed E-state index contributed by atoms with van der Waals surface area (Å²) in [7, 11) is 2.09. The number of rotatable bonds is 5. The molecule has 0 spiro atoms. The van der Waals surface area contributed by atoms with Crippen molar-refractivity contribution in [3.05, 3.63) is 35.9 Å². The molecule has 0 bridgehead atoms. The third-order valence-electron chi connectivity index (χ3n) is 2.61. The van der Waals surface area contributed by atoms with E-state index in [0.717, 1.165) is 13.0 Å². The lowest BCUT2D eigenvalue weighted by Crippen LogP contribution is -2.28. The van der Waals surface area contributed by atoms with Crippen molar-refractivity contribution in [1.29, 1.82) is 0 Å². The van der Waals surface area contributed by atoms with Gasteiger partial charge in [0.1, 0.15) is 0 Å². The minimum atomic E-state index is 0.300. The highest BCUT2D eigenvalue weighted by molar-refractivity contribution is 7.80. The monoisotopic (exact) mass is 222 g/mol. The first kappa shape index (κ1) is 12.1. The summed E-state index contributed by atoms with van der Waals surface area (Å²) in [4.78, 5) is 2.83. The molecule has 0 fully saturated rings. The van der Waals surface area contributed by atoms with E-state index in [1.54, 1.807) is 0 Å². The molecule has 0 radical (unpaired) electrons. The van der Waals surface area contributed by atoms with E-state index in [0.29, 0.717) is 11.0 Å². The molecule has 0 amide bonds. The maximum absolute atomic E-state index is 5.63. The maximum atomic E-state index is 5.63. The van der Waals surface area contributed by atoms with Crippen molar-refractivity contribution in [1.82, 2.24) is 4.90 Å². The van der Waals surface area contributed by atoms with E-state index in [1.807, 2.05) is 18.2 Å². The van der Waals surface area contributed by atoms with E-state index >= 15 is 0 Å². The lowest BCUT2D eigenvalue weighted by Gasteiger charge is -2.26. The molecule has 0 aliphatic heterocycles. The predicted molar refractivity (Wildman–Crippen MR) is 68.9 cm³/mol. The molecule has 0 aromatic heterocycles. The topological polar surface area (TPSA) is 29.3 Å². The van der Waals surface area contributed by atoms with Crippen LogP contribution in [0.2, 0.25) is 0 Å². The fourth-order valence-corrected chi connectivity index (χ4v) is 1.77. The lowest BCUT2D eigenvalue weighted by molar-refractivity contribution is 0.264. The molecule has 3 heteroatoms. The number of hydrogen-bond donors (Lipinski definition) is 1. The molecule has 82 valence electrons. The van der Waals surface area contributed by atoms with Gasteiger partial charge in [0.2, 0.25) is 0 Å². The predicted octanol–water partition coefficient (Wildman–Crippen LogP) is 2.36. The molecule has 0 aliphatic carbocycles. The minimum absolute atomic E-state index is 0.300. The maximum Gasteiger partial charge on any atom is 0.0746 e. The van der Waals surface area contributed by atoms with Gasteiger partial charge in [-0.15, -0.1) is 0 Å². The van der Waals surface area contributed by atoms with Gasteiger partial charge in [-0.25, -0.2) is 0 Å². The molecule has 1 rings (SSSR count). The summed E-state index contributed by atoms with van der Waals surface area (Å²) >= 11 is 4.99. The summed E-state index contributed by atoms with van der Waals surface area (Å²) in [6, 6.07) is 10.7. The average molecular weight is 222 g/mol. The van der Waals surface area contributed by atoms with Crippen molar-refractivity contribution in [3.8, 4) is 0 Å². The zero-order valence-electron chi connectivity index (χ0n) is 9.31. The first-order valence-electron chi connectivity index (χ1n) is 5.18. The van der Waals surface area contributed by atoms with E-state index in [-0.39, 0.29) is 0 Å². The van der Waals surface area contributed by atoms with Crippen LogP contribution in [0.5, 0.6) is 0 Å². The second-order valence-corrected chi connectivity index (χ2v) is 4.19. The molecule has 1 aromatic rings. The van der Waals surface area contributed by atoms with Gasteiger partial charge in [-0.1, -0.05) is 49.5 Å². The summed E-state index contributed by atoms with van der Waals surface area (Å²) in [5, 5.41) is 0. The number of hydrogen-bond acceptors (Lipinski definition) is 2. The zero-order chi connectivity index (χ0) is 11.3. The normalized spacial score (nSPS) is 12.7. The van der Waals surface area contributed by atoms with Crippen LogP contribution in [-0.2, 0) is 0 Å². The molecule has 15 heavy (non-hydrogen) atoms. The molecule has 1 unspecified atom stereocenters. The van der Waals surface area contributed by atoms with E-state index < -0.39 is 0 Å². The smallest absolute Gasteiger partial charge is 0.0746 e. The number of nitrogens with two attached hydrogens (primary N) is 1. The minimum Gasteiger partial charge on any atom is -0.393 e. The summed E-state index contributed by atoms with van der Waals surface area (Å²) in [5.74, 6) is 0. The number of thiocarbonyl (C=S) groups is 1. The second kappa shape index (κ2) is 5.83. The van der Waals surface area contributed by atoms with Gasteiger partial charge in [0, 0.05) is 12.5 Å². The summed E-state index contributed by atoms with van der Waals surface area (Å²) in [6.45, 7) is 3.12. The van der Waals surface area contributed by atoms with Crippen molar-refractivity contribution in [2.45, 2.75) is 19.4 Å². The lowest BCUT2D eigenvalue weighted by atomic mass is 10.0. The summed E-state index contributed by atoms with van der Waals surface area (Å²) in [6.07, 6.45) is 0.740. The fraction of sp³-hybridized carbons (Fsp3) is 0.417. The first-order chi connectivity index (χ1) is 7.15. The molecular weight excluding hydrogens is 204 g/mol. The molecule has 1 aromatic carbocycles. The van der Waals surface area contributed by atoms with Crippen molar-refractivity contribution < 1.29 is 0 Å². The second-order valence-electron chi connectivity index (χ2n) is 3.67. The van der Waals surface area contributed by atoms with Crippen LogP contribution in [0.25, 0.3) is 0 Å². The highest BCUT2D eigenvalue weighted by Crippen LogP contribution is 2.22. The highest BCUT2D eigenvalue weighted by atomic mass is 32.1. The van der Waals surface area contributed by atoms with Crippen LogP contribution in [0, 0.1) is 0 Å². The summed E-state index contributed by atoms with van der Waals surface area (Å²) in [5.41, 5.74) is 6.90. The Morgan fingerprint density at radius 3 is 2.47 bits per heavy atom. The number of nitrogens with zero attached hydrogens (tertiary/aromatic N) is 1. The Bertz CT molecular complexity index is 311. The van der Waals surface area contributed by atoms with Gasteiger partial charge in [-0.05, 0) is 19.2 Å². The Labute approximate surface area is 97.1 Å². The van der Waals surface area contributed by atoms with Crippen LogP contribution >= 0.6 is 12.2 Å². The van der Waals surface area contributed by atoms with Gasteiger partial charge in [0.05, 0.1) is 4.99 Å². The first-order valence-corrected chi connectivity index (χ1v) is 5.59. The zero-order valence-corrected chi connectivity index (χ0v) is 10.1. The fourth-order valence-electron chi connectivity index (χ4n) is 1.61. The SMILES string of the molecule is CCN(C)C(CC(N)=S)c1ccccc1. The molecule has 1 atom stereocenters. The number of benzene rings is 1. The molecule has 0 aliphatic rings. The Morgan fingerprint density at radius 1 is 1.40 bits per heavy atom. The van der Waals surface area contributed by atoms with Crippen molar-refractivity contribution in [2.75, 3.05) is 13.6 Å². The third-order valence-corrected chi connectivity index (χ3v) is 2.78. The molecule has 2 N–H and O–H groups in total. The van der Waals surface area contributed by atoms with E-state index in [2.05, 4.69) is 31.0 Å². The van der Waals surface area contributed by atoms with Crippen LogP contribution in [0.15, 0.2) is 30.3 Å². The van der Waals surface area contributed by atoms with Crippen LogP contribution in [-0.4, -0.2) is 23.5 Å². The van der Waals surface area contributed by atoms with Gasteiger partial charge >= 0.3 is 0 Å². The largest absolute Gasteiger partial charge is 0.393 e. The quantitative estimate of drug-likeness (QED) is 0.775. The van der Waals surface area contributed by atoms with Crippen molar-refractivity contribution >= 4 is 17.2 Å². The molecule has 0 saturated carbocycles. The third kappa shape index (κ3) is 3.61. The Balaban J connectivity index is 2.86. The van der Waals surface area contributed by atoms with Crippen LogP contribution < -0.4 is 5.73 Å². The van der Waals surface area contributed by atoms with Crippen molar-refractivity contribution in [3.63, 3.8) is 0 Å². The Hall–Kier alpha value is -0.930. The van der Waals surface area contributed by atoms with Crippen LogP contribution in [0.3, 0.4) is 0 Å². The van der Waals surface area contributed by atoms with Crippen LogP contribution in [0.4, 0.5) is 0 Å². The Morgan fingerprint density at radius 2 is 2.00 bits per heavy atom.